The van der Waals surface area contributed by atoms with E-state index in [0.29, 0.717) is 17.1 Å². The molecule has 6 heteroatoms. The van der Waals surface area contributed by atoms with Crippen LogP contribution in [0.3, 0.4) is 0 Å². The number of amides is 1. The third-order valence-electron chi connectivity index (χ3n) is 3.19. The summed E-state index contributed by atoms with van der Waals surface area (Å²) in [5, 5.41) is 5.94. The molecule has 0 aliphatic rings. The van der Waals surface area contributed by atoms with Crippen LogP contribution in [0.25, 0.3) is 0 Å². The fourth-order valence-corrected chi connectivity index (χ4v) is 1.92. The molecule has 2 aromatic rings. The van der Waals surface area contributed by atoms with Crippen LogP contribution >= 0.6 is 11.6 Å². The topological polar surface area (TPSA) is 54.0 Å². The number of aromatic nitrogens is 1. The second-order valence-electron chi connectivity index (χ2n) is 4.97. The van der Waals surface area contributed by atoms with E-state index in [4.69, 9.17) is 11.6 Å². The van der Waals surface area contributed by atoms with Crippen molar-refractivity contribution in [2.45, 2.75) is 26.3 Å². The number of benzene rings is 1. The van der Waals surface area contributed by atoms with Crippen molar-refractivity contribution in [3.63, 3.8) is 0 Å². The summed E-state index contributed by atoms with van der Waals surface area (Å²) >= 11 is 5.73. The third-order valence-corrected chi connectivity index (χ3v) is 3.48. The van der Waals surface area contributed by atoms with Crippen LogP contribution in [0.2, 0.25) is 5.02 Å². The van der Waals surface area contributed by atoms with Gasteiger partial charge in [-0.05, 0) is 43.7 Å². The number of nitrogens with one attached hydrogen (secondary N) is 2. The molecule has 0 bridgehead atoms. The first-order valence-corrected chi connectivity index (χ1v) is 7.36. The van der Waals surface area contributed by atoms with Gasteiger partial charge in [0.15, 0.2) is 0 Å². The molecule has 1 unspecified atom stereocenters. The molecular formula is C16H17ClFN3O. The SMILES string of the molecule is CCC(C)NC(=O)c1ccc(Nc2ccc(F)c(Cl)c2)cn1. The molecule has 1 aromatic heterocycles. The van der Waals surface area contributed by atoms with Crippen molar-refractivity contribution < 1.29 is 9.18 Å². The lowest BCUT2D eigenvalue weighted by molar-refractivity contribution is 0.0934. The van der Waals surface area contributed by atoms with E-state index in [2.05, 4.69) is 15.6 Å². The molecule has 1 amide bonds. The van der Waals surface area contributed by atoms with Gasteiger partial charge >= 0.3 is 0 Å². The van der Waals surface area contributed by atoms with Gasteiger partial charge in [0, 0.05) is 11.7 Å². The van der Waals surface area contributed by atoms with Gasteiger partial charge in [-0.15, -0.1) is 0 Å². The van der Waals surface area contributed by atoms with Gasteiger partial charge in [0.05, 0.1) is 16.9 Å². The number of halogens is 2. The molecule has 4 nitrogen and oxygen atoms in total. The number of pyridine rings is 1. The Morgan fingerprint density at radius 3 is 2.64 bits per heavy atom. The van der Waals surface area contributed by atoms with Crippen molar-refractivity contribution in [3.8, 4) is 0 Å². The number of rotatable bonds is 5. The Kier molecular flexibility index (Phi) is 5.33. The van der Waals surface area contributed by atoms with Gasteiger partial charge < -0.3 is 10.6 Å². The van der Waals surface area contributed by atoms with E-state index in [1.807, 2.05) is 13.8 Å². The quantitative estimate of drug-likeness (QED) is 0.870. The largest absolute Gasteiger partial charge is 0.354 e. The number of anilines is 2. The lowest BCUT2D eigenvalue weighted by Gasteiger charge is -2.11. The van der Waals surface area contributed by atoms with Gasteiger partial charge in [-0.25, -0.2) is 9.37 Å². The lowest BCUT2D eigenvalue weighted by atomic mass is 10.2. The molecule has 1 aromatic carbocycles. The Morgan fingerprint density at radius 1 is 1.32 bits per heavy atom. The second-order valence-corrected chi connectivity index (χ2v) is 5.38. The minimum absolute atomic E-state index is 0.0440. The summed E-state index contributed by atoms with van der Waals surface area (Å²) in [4.78, 5) is 16.0. The summed E-state index contributed by atoms with van der Waals surface area (Å²) < 4.78 is 13.1. The molecule has 2 rings (SSSR count). The van der Waals surface area contributed by atoms with Crippen molar-refractivity contribution in [1.82, 2.24) is 10.3 Å². The highest BCUT2D eigenvalue weighted by molar-refractivity contribution is 6.31. The van der Waals surface area contributed by atoms with Gasteiger partial charge in [-0.3, -0.25) is 4.79 Å². The highest BCUT2D eigenvalue weighted by Gasteiger charge is 2.09. The number of hydrogen-bond donors (Lipinski definition) is 2. The van der Waals surface area contributed by atoms with Crippen LogP contribution < -0.4 is 10.6 Å². The van der Waals surface area contributed by atoms with E-state index in [9.17, 15) is 9.18 Å². The van der Waals surface area contributed by atoms with Crippen LogP contribution in [0.4, 0.5) is 15.8 Å². The Labute approximate surface area is 133 Å². The number of nitrogens with zero attached hydrogens (tertiary/aromatic N) is 1. The predicted octanol–water partition coefficient (Wildman–Crippen LogP) is 4.15. The third kappa shape index (κ3) is 4.18. The van der Waals surface area contributed by atoms with Crippen LogP contribution in [0.5, 0.6) is 0 Å². The van der Waals surface area contributed by atoms with E-state index >= 15 is 0 Å². The summed E-state index contributed by atoms with van der Waals surface area (Å²) in [5.41, 5.74) is 1.68. The molecule has 1 heterocycles. The molecule has 0 saturated carbocycles. The lowest BCUT2D eigenvalue weighted by Crippen LogP contribution is -2.32. The zero-order valence-corrected chi connectivity index (χ0v) is 13.1. The van der Waals surface area contributed by atoms with E-state index in [1.165, 1.54) is 12.1 Å². The molecule has 0 aliphatic carbocycles. The maximum atomic E-state index is 13.1. The predicted molar refractivity (Wildman–Crippen MR) is 86.1 cm³/mol. The Hall–Kier alpha value is -2.14. The molecular weight excluding hydrogens is 305 g/mol. The van der Waals surface area contributed by atoms with Crippen molar-refractivity contribution in [3.05, 3.63) is 53.1 Å². The zero-order chi connectivity index (χ0) is 16.1. The normalized spacial score (nSPS) is 11.8. The van der Waals surface area contributed by atoms with Gasteiger partial charge in [-0.1, -0.05) is 18.5 Å². The molecule has 0 spiro atoms. The molecule has 2 N–H and O–H groups in total. The van der Waals surface area contributed by atoms with E-state index in [0.717, 1.165) is 6.42 Å². The minimum atomic E-state index is -0.470. The summed E-state index contributed by atoms with van der Waals surface area (Å²) in [6, 6.07) is 7.81. The Bertz CT molecular complexity index is 661. The molecule has 1 atom stereocenters. The van der Waals surface area contributed by atoms with Gasteiger partial charge in [0.2, 0.25) is 0 Å². The maximum Gasteiger partial charge on any atom is 0.270 e. The van der Waals surface area contributed by atoms with E-state index < -0.39 is 5.82 Å². The fourth-order valence-electron chi connectivity index (χ4n) is 1.74. The van der Waals surface area contributed by atoms with Gasteiger partial charge in [-0.2, -0.15) is 0 Å². The fraction of sp³-hybridized carbons (Fsp3) is 0.250. The average Bonchev–Trinajstić information content (AvgIpc) is 2.51. The first-order chi connectivity index (χ1) is 10.5. The van der Waals surface area contributed by atoms with Crippen LogP contribution in [0.15, 0.2) is 36.5 Å². The summed E-state index contributed by atoms with van der Waals surface area (Å²) in [5.74, 6) is -0.673. The minimum Gasteiger partial charge on any atom is -0.354 e. The number of carbonyl (C=O) groups is 1. The smallest absolute Gasteiger partial charge is 0.270 e. The van der Waals surface area contributed by atoms with Crippen molar-refractivity contribution in [1.29, 1.82) is 0 Å². The average molecular weight is 322 g/mol. The number of hydrogen-bond acceptors (Lipinski definition) is 3. The maximum absolute atomic E-state index is 13.1. The van der Waals surface area contributed by atoms with Crippen molar-refractivity contribution in [2.24, 2.45) is 0 Å². The Balaban J connectivity index is 2.05. The number of carbonyl (C=O) groups excluding carboxylic acids is 1. The summed E-state index contributed by atoms with van der Waals surface area (Å²) in [6.45, 7) is 3.94. The van der Waals surface area contributed by atoms with Gasteiger partial charge in [0.1, 0.15) is 11.5 Å². The van der Waals surface area contributed by atoms with Crippen LogP contribution in [0, 0.1) is 5.82 Å². The van der Waals surface area contributed by atoms with Gasteiger partial charge in [0.25, 0.3) is 5.91 Å². The summed E-state index contributed by atoms with van der Waals surface area (Å²) in [6.07, 6.45) is 2.40. The van der Waals surface area contributed by atoms with Crippen molar-refractivity contribution >= 4 is 28.9 Å². The highest BCUT2D eigenvalue weighted by atomic mass is 35.5. The molecule has 116 valence electrons. The van der Waals surface area contributed by atoms with Crippen LogP contribution in [-0.4, -0.2) is 16.9 Å². The first-order valence-electron chi connectivity index (χ1n) is 6.98. The van der Waals surface area contributed by atoms with Crippen LogP contribution in [0.1, 0.15) is 30.8 Å². The summed E-state index contributed by atoms with van der Waals surface area (Å²) in [7, 11) is 0. The first kappa shape index (κ1) is 16.2. The Morgan fingerprint density at radius 2 is 2.05 bits per heavy atom. The zero-order valence-electron chi connectivity index (χ0n) is 12.4. The van der Waals surface area contributed by atoms with Crippen LogP contribution in [-0.2, 0) is 0 Å². The van der Waals surface area contributed by atoms with Crippen molar-refractivity contribution in [2.75, 3.05) is 5.32 Å². The monoisotopic (exact) mass is 321 g/mol. The molecule has 0 saturated heterocycles. The second kappa shape index (κ2) is 7.22. The van der Waals surface area contributed by atoms with E-state index in [1.54, 1.807) is 24.4 Å². The highest BCUT2D eigenvalue weighted by Crippen LogP contribution is 2.22. The standard InChI is InChI=1S/C16H17ClFN3O/c1-3-10(2)20-16(22)15-7-5-12(9-19-15)21-11-4-6-14(18)13(17)8-11/h4-10,21H,3H2,1-2H3,(H,20,22). The van der Waals surface area contributed by atoms with E-state index in [-0.39, 0.29) is 17.0 Å². The molecule has 22 heavy (non-hydrogen) atoms. The molecule has 0 radical (unpaired) electrons. The molecule has 0 fully saturated rings. The molecule has 0 aliphatic heterocycles.